The Morgan fingerprint density at radius 2 is 2.00 bits per heavy atom. The minimum absolute atomic E-state index is 0. The first-order chi connectivity index (χ1) is 9.69. The second-order valence-electron chi connectivity index (χ2n) is 4.79. The number of carbonyl (C=O) groups excluding carboxylic acids is 1. The summed E-state index contributed by atoms with van der Waals surface area (Å²) in [5, 5.41) is 6.21. The molecule has 0 saturated carbocycles. The van der Waals surface area contributed by atoms with Crippen LogP contribution in [0.3, 0.4) is 0 Å². The van der Waals surface area contributed by atoms with E-state index in [4.69, 9.17) is 4.74 Å². The van der Waals surface area contributed by atoms with E-state index in [1.54, 1.807) is 6.92 Å². The van der Waals surface area contributed by atoms with Crippen molar-refractivity contribution in [1.82, 2.24) is 5.32 Å². The summed E-state index contributed by atoms with van der Waals surface area (Å²) in [5.74, 6) is -0.0925. The predicted molar refractivity (Wildman–Crippen MR) is 90.0 cm³/mol. The molecule has 0 aromatic heterocycles. The summed E-state index contributed by atoms with van der Waals surface area (Å²) < 4.78 is 5.51. The van der Waals surface area contributed by atoms with Gasteiger partial charge in [0.2, 0.25) is 0 Å². The smallest absolute Gasteiger partial charge is 0.253 e. The summed E-state index contributed by atoms with van der Waals surface area (Å²) in [5.41, 5.74) is 1.94. The minimum atomic E-state index is -0.422. The van der Waals surface area contributed by atoms with Crippen molar-refractivity contribution in [2.45, 2.75) is 46.3 Å². The fourth-order valence-electron chi connectivity index (χ4n) is 1.77. The molecule has 1 atom stereocenters. The van der Waals surface area contributed by atoms with Crippen LogP contribution >= 0.6 is 12.4 Å². The van der Waals surface area contributed by atoms with Gasteiger partial charge in [0.25, 0.3) is 5.91 Å². The molecule has 0 heterocycles. The van der Waals surface area contributed by atoms with Crippen LogP contribution in [0.25, 0.3) is 0 Å². The molecular formula is C16H27ClN2O2. The average molecular weight is 315 g/mol. The first kappa shape index (κ1) is 19.9. The van der Waals surface area contributed by atoms with Gasteiger partial charge in [-0.3, -0.25) is 4.79 Å². The molecule has 0 aliphatic heterocycles. The van der Waals surface area contributed by atoms with Gasteiger partial charge in [-0.1, -0.05) is 38.5 Å². The number of hydrogen-bond donors (Lipinski definition) is 2. The molecule has 1 amide bonds. The fourth-order valence-corrected chi connectivity index (χ4v) is 1.77. The summed E-state index contributed by atoms with van der Waals surface area (Å²) in [4.78, 5) is 12.1. The molecule has 120 valence electrons. The maximum Gasteiger partial charge on any atom is 0.253 e. The second-order valence-corrected chi connectivity index (χ2v) is 4.79. The first-order valence-electron chi connectivity index (χ1n) is 7.40. The molecule has 0 aliphatic rings. The average Bonchev–Trinajstić information content (AvgIpc) is 2.46. The Morgan fingerprint density at radius 1 is 1.29 bits per heavy atom. The van der Waals surface area contributed by atoms with E-state index < -0.39 is 6.10 Å². The number of ether oxygens (including phenoxy) is 1. The molecule has 1 unspecified atom stereocenters. The van der Waals surface area contributed by atoms with Crippen molar-refractivity contribution in [2.75, 3.05) is 18.5 Å². The number of halogens is 1. The molecule has 2 N–H and O–H groups in total. The monoisotopic (exact) mass is 314 g/mol. The van der Waals surface area contributed by atoms with Gasteiger partial charge in [-0.25, -0.2) is 0 Å². The van der Waals surface area contributed by atoms with E-state index in [1.807, 2.05) is 24.3 Å². The van der Waals surface area contributed by atoms with Gasteiger partial charge in [0, 0.05) is 18.8 Å². The number of rotatable bonds is 9. The zero-order chi connectivity index (χ0) is 14.8. The van der Waals surface area contributed by atoms with Crippen LogP contribution in [0, 0.1) is 0 Å². The number of para-hydroxylation sites is 1. The lowest BCUT2D eigenvalue weighted by molar-refractivity contribution is -0.126. The standard InChI is InChI=1S/C16H26N2O2.ClH/c1-4-6-11-20-13(3)16(19)18-15-10-8-7-9-14(15)12-17-5-2;/h7-10,13,17H,4-6,11-12H2,1-3H3,(H,18,19);1H. The van der Waals surface area contributed by atoms with E-state index in [2.05, 4.69) is 24.5 Å². The van der Waals surface area contributed by atoms with Gasteiger partial charge in [-0.2, -0.15) is 0 Å². The summed E-state index contributed by atoms with van der Waals surface area (Å²) >= 11 is 0. The third-order valence-electron chi connectivity index (χ3n) is 3.08. The van der Waals surface area contributed by atoms with Gasteiger partial charge in [-0.15, -0.1) is 12.4 Å². The number of anilines is 1. The molecule has 21 heavy (non-hydrogen) atoms. The van der Waals surface area contributed by atoms with E-state index in [9.17, 15) is 4.79 Å². The molecule has 0 fully saturated rings. The highest BCUT2D eigenvalue weighted by Gasteiger charge is 2.14. The van der Waals surface area contributed by atoms with E-state index >= 15 is 0 Å². The SMILES string of the molecule is CCCCOC(C)C(=O)Nc1ccccc1CNCC.Cl. The van der Waals surface area contributed by atoms with Crippen molar-refractivity contribution in [3.05, 3.63) is 29.8 Å². The number of nitrogens with one attached hydrogen (secondary N) is 2. The van der Waals surface area contributed by atoms with Crippen LogP contribution in [0.2, 0.25) is 0 Å². The van der Waals surface area contributed by atoms with Crippen molar-refractivity contribution < 1.29 is 9.53 Å². The Hall–Kier alpha value is -1.10. The lowest BCUT2D eigenvalue weighted by Crippen LogP contribution is -2.28. The van der Waals surface area contributed by atoms with E-state index in [1.165, 1.54) is 0 Å². The highest BCUT2D eigenvalue weighted by atomic mass is 35.5. The highest BCUT2D eigenvalue weighted by molar-refractivity contribution is 5.94. The molecule has 0 aliphatic carbocycles. The third-order valence-corrected chi connectivity index (χ3v) is 3.08. The summed E-state index contributed by atoms with van der Waals surface area (Å²) in [6, 6.07) is 7.83. The largest absolute Gasteiger partial charge is 0.369 e. The Labute approximate surface area is 134 Å². The number of carbonyl (C=O) groups is 1. The Bertz CT molecular complexity index is 413. The van der Waals surface area contributed by atoms with Crippen LogP contribution in [-0.2, 0) is 16.1 Å². The van der Waals surface area contributed by atoms with Gasteiger partial charge in [0.15, 0.2) is 0 Å². The number of amides is 1. The van der Waals surface area contributed by atoms with Crippen LogP contribution in [0.1, 0.15) is 39.2 Å². The van der Waals surface area contributed by atoms with E-state index in [-0.39, 0.29) is 18.3 Å². The Kier molecular flexibility index (Phi) is 10.9. The molecule has 4 nitrogen and oxygen atoms in total. The van der Waals surface area contributed by atoms with Crippen molar-refractivity contribution >= 4 is 24.0 Å². The Balaban J connectivity index is 0.00000400. The van der Waals surface area contributed by atoms with Crippen LogP contribution < -0.4 is 10.6 Å². The molecule has 0 bridgehead atoms. The fraction of sp³-hybridized carbons (Fsp3) is 0.562. The van der Waals surface area contributed by atoms with Gasteiger partial charge in [-0.05, 0) is 31.5 Å². The minimum Gasteiger partial charge on any atom is -0.369 e. The van der Waals surface area contributed by atoms with E-state index in [0.29, 0.717) is 6.61 Å². The summed E-state index contributed by atoms with van der Waals surface area (Å²) in [6.07, 6.45) is 1.63. The van der Waals surface area contributed by atoms with Crippen molar-refractivity contribution in [1.29, 1.82) is 0 Å². The van der Waals surface area contributed by atoms with Crippen LogP contribution in [0.15, 0.2) is 24.3 Å². The van der Waals surface area contributed by atoms with Crippen LogP contribution in [0.5, 0.6) is 0 Å². The third kappa shape index (κ3) is 7.46. The van der Waals surface area contributed by atoms with Crippen LogP contribution in [-0.4, -0.2) is 25.2 Å². The highest BCUT2D eigenvalue weighted by Crippen LogP contribution is 2.15. The van der Waals surface area contributed by atoms with Crippen molar-refractivity contribution in [3.8, 4) is 0 Å². The maximum absolute atomic E-state index is 12.1. The molecular weight excluding hydrogens is 288 g/mol. The molecule has 1 rings (SSSR count). The molecule has 1 aromatic rings. The van der Waals surface area contributed by atoms with Gasteiger partial charge in [0.1, 0.15) is 6.10 Å². The van der Waals surface area contributed by atoms with Crippen molar-refractivity contribution in [3.63, 3.8) is 0 Å². The van der Waals surface area contributed by atoms with Gasteiger partial charge < -0.3 is 15.4 Å². The van der Waals surface area contributed by atoms with Crippen molar-refractivity contribution in [2.24, 2.45) is 0 Å². The number of benzene rings is 1. The molecule has 0 saturated heterocycles. The zero-order valence-electron chi connectivity index (χ0n) is 13.1. The lowest BCUT2D eigenvalue weighted by atomic mass is 10.1. The Morgan fingerprint density at radius 3 is 2.67 bits per heavy atom. The molecule has 0 radical (unpaired) electrons. The lowest BCUT2D eigenvalue weighted by Gasteiger charge is -2.15. The second kappa shape index (κ2) is 11.5. The van der Waals surface area contributed by atoms with E-state index in [0.717, 1.165) is 37.2 Å². The zero-order valence-corrected chi connectivity index (χ0v) is 14.0. The summed E-state index contributed by atoms with van der Waals surface area (Å²) in [6.45, 7) is 8.23. The maximum atomic E-state index is 12.1. The van der Waals surface area contributed by atoms with Gasteiger partial charge in [0.05, 0.1) is 0 Å². The quantitative estimate of drug-likeness (QED) is 0.687. The van der Waals surface area contributed by atoms with Crippen LogP contribution in [0.4, 0.5) is 5.69 Å². The first-order valence-corrected chi connectivity index (χ1v) is 7.40. The normalized spacial score (nSPS) is 11.6. The molecule has 1 aromatic carbocycles. The summed E-state index contributed by atoms with van der Waals surface area (Å²) in [7, 11) is 0. The molecule has 0 spiro atoms. The predicted octanol–water partition coefficient (Wildman–Crippen LogP) is 3.36. The van der Waals surface area contributed by atoms with Gasteiger partial charge >= 0.3 is 0 Å². The topological polar surface area (TPSA) is 50.4 Å². The molecule has 5 heteroatoms. The number of hydrogen-bond acceptors (Lipinski definition) is 3. The number of unbranched alkanes of at least 4 members (excludes halogenated alkanes) is 1.